The van der Waals surface area contributed by atoms with Crippen LogP contribution in [0, 0.1) is 13.8 Å². The zero-order chi connectivity index (χ0) is 26.6. The molecular weight excluding hydrogens is 466 g/mol. The average molecular weight is 504 g/mol. The first-order valence-corrected chi connectivity index (χ1v) is 13.3. The smallest absolute Gasteiger partial charge is 0.244 e. The van der Waals surface area contributed by atoms with Crippen molar-refractivity contribution in [3.8, 4) is 5.75 Å². The van der Waals surface area contributed by atoms with Gasteiger partial charge in [-0.1, -0.05) is 35.9 Å². The Kier molecular flexibility index (Phi) is 8.94. The highest BCUT2D eigenvalue weighted by molar-refractivity contribution is 7.92. The maximum absolute atomic E-state index is 13.7. The fourth-order valence-electron chi connectivity index (χ4n) is 3.65. The monoisotopic (exact) mass is 503 g/mol. The lowest BCUT2D eigenvalue weighted by atomic mass is 10.1. The van der Waals surface area contributed by atoms with Gasteiger partial charge in [0.1, 0.15) is 18.3 Å². The molecule has 2 aromatic rings. The summed E-state index contributed by atoms with van der Waals surface area (Å²) in [7, 11) is -2.40. The molecule has 192 valence electrons. The number of ether oxygens (including phenoxy) is 1. The molecule has 0 aliphatic rings. The number of anilines is 1. The summed E-state index contributed by atoms with van der Waals surface area (Å²) in [6.45, 7) is 10.7. The van der Waals surface area contributed by atoms with Gasteiger partial charge < -0.3 is 15.0 Å². The first kappa shape index (κ1) is 28.2. The third-order valence-corrected chi connectivity index (χ3v) is 6.51. The van der Waals surface area contributed by atoms with Gasteiger partial charge in [-0.2, -0.15) is 0 Å². The van der Waals surface area contributed by atoms with E-state index in [1.165, 1.54) is 12.0 Å². The molecule has 2 aromatic carbocycles. The van der Waals surface area contributed by atoms with E-state index in [0.29, 0.717) is 5.75 Å². The Labute approximate surface area is 209 Å². The molecule has 0 heterocycles. The van der Waals surface area contributed by atoms with E-state index < -0.39 is 34.1 Å². The van der Waals surface area contributed by atoms with E-state index in [1.807, 2.05) is 58.9 Å². The van der Waals surface area contributed by atoms with Crippen LogP contribution in [0.25, 0.3) is 0 Å². The molecule has 0 aliphatic carbocycles. The van der Waals surface area contributed by atoms with Gasteiger partial charge in [0.05, 0.1) is 19.1 Å². The van der Waals surface area contributed by atoms with E-state index >= 15 is 0 Å². The molecule has 0 aromatic heterocycles. The maximum atomic E-state index is 13.7. The summed E-state index contributed by atoms with van der Waals surface area (Å²) in [5.41, 5.74) is 2.45. The lowest BCUT2D eigenvalue weighted by molar-refractivity contribution is -0.140. The minimum Gasteiger partial charge on any atom is -0.495 e. The van der Waals surface area contributed by atoms with Crippen LogP contribution in [-0.4, -0.2) is 56.6 Å². The summed E-state index contributed by atoms with van der Waals surface area (Å²) in [5.74, 6) is -0.493. The molecule has 0 aliphatic heterocycles. The number of aryl methyl sites for hydroxylation is 2. The Bertz CT molecular complexity index is 1170. The summed E-state index contributed by atoms with van der Waals surface area (Å²) in [6, 6.07) is 11.9. The normalized spacial score (nSPS) is 12.6. The van der Waals surface area contributed by atoms with Gasteiger partial charge in [-0.25, -0.2) is 8.42 Å². The van der Waals surface area contributed by atoms with Crippen LogP contribution in [0.3, 0.4) is 0 Å². The number of sulfonamides is 1. The van der Waals surface area contributed by atoms with Gasteiger partial charge in [0.15, 0.2) is 0 Å². The molecule has 0 unspecified atom stereocenters. The third-order valence-electron chi connectivity index (χ3n) is 5.38. The average Bonchev–Trinajstić information content (AvgIpc) is 2.73. The van der Waals surface area contributed by atoms with Gasteiger partial charge in [0, 0.05) is 12.1 Å². The molecule has 2 amide bonds. The van der Waals surface area contributed by atoms with E-state index in [9.17, 15) is 18.0 Å². The van der Waals surface area contributed by atoms with Gasteiger partial charge in [-0.15, -0.1) is 0 Å². The zero-order valence-electron chi connectivity index (χ0n) is 21.9. The Morgan fingerprint density at radius 1 is 1.06 bits per heavy atom. The number of nitrogens with zero attached hydrogens (tertiary/aromatic N) is 2. The third kappa shape index (κ3) is 7.99. The standard InChI is InChI=1S/C26H37N3O5S/c1-18-10-9-11-21(14-18)16-28(20(3)25(31)27-26(4,5)6)24(30)17-29(35(8,32)33)22-15-19(2)12-13-23(22)34-7/h9-15,20H,16-17H2,1-8H3,(H,27,31)/t20-/m0/s1. The van der Waals surface area contributed by atoms with Crippen LogP contribution in [0.15, 0.2) is 42.5 Å². The summed E-state index contributed by atoms with van der Waals surface area (Å²) < 4.78 is 32.0. The number of nitrogens with one attached hydrogen (secondary N) is 1. The maximum Gasteiger partial charge on any atom is 0.244 e. The van der Waals surface area contributed by atoms with Crippen LogP contribution >= 0.6 is 0 Å². The van der Waals surface area contributed by atoms with Crippen LogP contribution in [0.4, 0.5) is 5.69 Å². The fraction of sp³-hybridized carbons (Fsp3) is 0.462. The van der Waals surface area contributed by atoms with Crippen molar-refractivity contribution >= 4 is 27.5 Å². The summed E-state index contributed by atoms with van der Waals surface area (Å²) >= 11 is 0. The minimum absolute atomic E-state index is 0.155. The second-order valence-corrected chi connectivity index (χ2v) is 11.8. The van der Waals surface area contributed by atoms with Gasteiger partial charge in [-0.05, 0) is 64.8 Å². The molecule has 1 N–H and O–H groups in total. The predicted octanol–water partition coefficient (Wildman–Crippen LogP) is 3.41. The van der Waals surface area contributed by atoms with Crippen LogP contribution in [0.5, 0.6) is 5.75 Å². The van der Waals surface area contributed by atoms with Crippen molar-refractivity contribution in [1.29, 1.82) is 0 Å². The molecule has 2 rings (SSSR count). The molecule has 0 fully saturated rings. The number of benzene rings is 2. The van der Waals surface area contributed by atoms with Crippen molar-refractivity contribution in [2.24, 2.45) is 0 Å². The lowest BCUT2D eigenvalue weighted by Gasteiger charge is -2.33. The Morgan fingerprint density at radius 3 is 2.23 bits per heavy atom. The van der Waals surface area contributed by atoms with Crippen LogP contribution in [0.2, 0.25) is 0 Å². The highest BCUT2D eigenvalue weighted by atomic mass is 32.2. The summed E-state index contributed by atoms with van der Waals surface area (Å²) in [4.78, 5) is 28.1. The minimum atomic E-state index is -3.84. The second kappa shape index (κ2) is 11.1. The number of carbonyl (C=O) groups excluding carboxylic acids is 2. The molecule has 35 heavy (non-hydrogen) atoms. The summed E-state index contributed by atoms with van der Waals surface area (Å²) in [6.07, 6.45) is 1.04. The zero-order valence-corrected chi connectivity index (χ0v) is 22.7. The van der Waals surface area contributed by atoms with Gasteiger partial charge in [0.2, 0.25) is 21.8 Å². The molecule has 9 heteroatoms. The van der Waals surface area contributed by atoms with Crippen molar-refractivity contribution < 1.29 is 22.7 Å². The van der Waals surface area contributed by atoms with Crippen molar-refractivity contribution in [3.63, 3.8) is 0 Å². The van der Waals surface area contributed by atoms with Crippen LogP contribution in [-0.2, 0) is 26.2 Å². The number of amides is 2. The van der Waals surface area contributed by atoms with E-state index in [0.717, 1.165) is 27.3 Å². The number of carbonyl (C=O) groups is 2. The lowest BCUT2D eigenvalue weighted by Crippen LogP contribution is -2.54. The van der Waals surface area contributed by atoms with E-state index in [2.05, 4.69) is 5.32 Å². The number of rotatable bonds is 9. The Morgan fingerprint density at radius 2 is 1.69 bits per heavy atom. The predicted molar refractivity (Wildman–Crippen MR) is 139 cm³/mol. The van der Waals surface area contributed by atoms with Crippen molar-refractivity contribution in [2.75, 3.05) is 24.2 Å². The van der Waals surface area contributed by atoms with Crippen LogP contribution in [0.1, 0.15) is 44.4 Å². The SMILES string of the molecule is COc1ccc(C)cc1N(CC(=O)N(Cc1cccc(C)c1)[C@@H](C)C(=O)NC(C)(C)C)S(C)(=O)=O. The molecule has 0 spiro atoms. The molecule has 1 atom stereocenters. The molecule has 8 nitrogen and oxygen atoms in total. The fourth-order valence-corrected chi connectivity index (χ4v) is 4.50. The van der Waals surface area contributed by atoms with Crippen LogP contribution < -0.4 is 14.4 Å². The molecular formula is C26H37N3O5S. The Balaban J connectivity index is 2.48. The van der Waals surface area contributed by atoms with Crippen molar-refractivity contribution in [2.45, 2.75) is 59.7 Å². The van der Waals surface area contributed by atoms with Crippen molar-refractivity contribution in [3.05, 3.63) is 59.2 Å². The molecule has 0 saturated carbocycles. The Hall–Kier alpha value is -3.07. The van der Waals surface area contributed by atoms with Gasteiger partial charge >= 0.3 is 0 Å². The van der Waals surface area contributed by atoms with Crippen molar-refractivity contribution in [1.82, 2.24) is 10.2 Å². The van der Waals surface area contributed by atoms with Gasteiger partial charge in [0.25, 0.3) is 0 Å². The highest BCUT2D eigenvalue weighted by Gasteiger charge is 2.32. The second-order valence-electron chi connectivity index (χ2n) is 9.87. The topological polar surface area (TPSA) is 96.0 Å². The molecule has 0 bridgehead atoms. The first-order chi connectivity index (χ1) is 16.1. The number of hydrogen-bond donors (Lipinski definition) is 1. The molecule has 0 radical (unpaired) electrons. The first-order valence-electron chi connectivity index (χ1n) is 11.4. The van der Waals surface area contributed by atoms with E-state index in [1.54, 1.807) is 25.1 Å². The van der Waals surface area contributed by atoms with E-state index in [4.69, 9.17) is 4.74 Å². The van der Waals surface area contributed by atoms with E-state index in [-0.39, 0.29) is 18.1 Å². The summed E-state index contributed by atoms with van der Waals surface area (Å²) in [5, 5.41) is 2.91. The highest BCUT2D eigenvalue weighted by Crippen LogP contribution is 2.31. The van der Waals surface area contributed by atoms with Gasteiger partial charge in [-0.3, -0.25) is 13.9 Å². The number of hydrogen-bond acceptors (Lipinski definition) is 5. The quantitative estimate of drug-likeness (QED) is 0.566. The molecule has 0 saturated heterocycles. The number of methoxy groups -OCH3 is 1. The largest absolute Gasteiger partial charge is 0.495 e.